The predicted molar refractivity (Wildman–Crippen MR) is 110 cm³/mol. The molecule has 0 radical (unpaired) electrons. The van der Waals surface area contributed by atoms with E-state index in [9.17, 15) is 4.79 Å². The normalized spacial score (nSPS) is 18.9. The molecule has 2 atom stereocenters. The Balaban J connectivity index is 1.81. The molecule has 5 heteroatoms. The number of rotatable bonds is 4. The fourth-order valence-corrected chi connectivity index (χ4v) is 3.95. The zero-order valence-corrected chi connectivity index (χ0v) is 16.6. The molecule has 2 aromatic carbocycles. The van der Waals surface area contributed by atoms with Gasteiger partial charge in [0.05, 0.1) is 12.1 Å². The molecule has 3 aromatic rings. The Morgan fingerprint density at radius 1 is 1.04 bits per heavy atom. The highest BCUT2D eigenvalue weighted by Gasteiger charge is 2.39. The lowest BCUT2D eigenvalue weighted by atomic mass is 9.91. The molecule has 0 spiro atoms. The summed E-state index contributed by atoms with van der Waals surface area (Å²) in [5.41, 5.74) is 3.53. The largest absolute Gasteiger partial charge is 0.274 e. The van der Waals surface area contributed by atoms with Crippen molar-refractivity contribution in [2.45, 2.75) is 45.7 Å². The number of benzene rings is 2. The number of aromatic nitrogens is 3. The SMILES string of the molecule is Cc1ccc([C@@H]2C[C@@H](c3ccccc3)n3ncnc3N2C(=O)CC(C)C)cc1. The van der Waals surface area contributed by atoms with Crippen LogP contribution in [0.4, 0.5) is 5.95 Å². The molecule has 144 valence electrons. The molecular formula is C23H26N4O. The molecular weight excluding hydrogens is 348 g/mol. The van der Waals surface area contributed by atoms with Crippen LogP contribution in [0, 0.1) is 12.8 Å². The molecule has 5 nitrogen and oxygen atoms in total. The number of hydrogen-bond acceptors (Lipinski definition) is 3. The fraction of sp³-hybridized carbons (Fsp3) is 0.348. The van der Waals surface area contributed by atoms with Gasteiger partial charge >= 0.3 is 0 Å². The van der Waals surface area contributed by atoms with Gasteiger partial charge in [-0.25, -0.2) is 4.68 Å². The highest BCUT2D eigenvalue weighted by Crippen LogP contribution is 2.42. The maximum atomic E-state index is 13.2. The molecule has 4 rings (SSSR count). The predicted octanol–water partition coefficient (Wildman–Crippen LogP) is 4.70. The first kappa shape index (κ1) is 18.4. The van der Waals surface area contributed by atoms with Crippen LogP contribution >= 0.6 is 0 Å². The second-order valence-electron chi connectivity index (χ2n) is 7.95. The van der Waals surface area contributed by atoms with Gasteiger partial charge in [0.15, 0.2) is 0 Å². The highest BCUT2D eigenvalue weighted by atomic mass is 16.2. The smallest absolute Gasteiger partial charge is 0.231 e. The Morgan fingerprint density at radius 2 is 1.71 bits per heavy atom. The average Bonchev–Trinajstić information content (AvgIpc) is 3.17. The summed E-state index contributed by atoms with van der Waals surface area (Å²) in [6.07, 6.45) is 2.82. The summed E-state index contributed by atoms with van der Waals surface area (Å²) in [6.45, 7) is 6.22. The second kappa shape index (κ2) is 7.58. The quantitative estimate of drug-likeness (QED) is 0.665. The van der Waals surface area contributed by atoms with E-state index >= 15 is 0 Å². The summed E-state index contributed by atoms with van der Waals surface area (Å²) in [5, 5.41) is 4.48. The lowest BCUT2D eigenvalue weighted by Gasteiger charge is -2.39. The first-order chi connectivity index (χ1) is 13.5. The Labute approximate surface area is 166 Å². The van der Waals surface area contributed by atoms with Crippen molar-refractivity contribution in [1.29, 1.82) is 0 Å². The van der Waals surface area contributed by atoms with Gasteiger partial charge in [-0.1, -0.05) is 74.0 Å². The average molecular weight is 374 g/mol. The summed E-state index contributed by atoms with van der Waals surface area (Å²) >= 11 is 0. The number of fused-ring (bicyclic) bond motifs is 1. The summed E-state index contributed by atoms with van der Waals surface area (Å²) in [6, 6.07) is 18.8. The van der Waals surface area contributed by atoms with E-state index < -0.39 is 0 Å². The van der Waals surface area contributed by atoms with E-state index in [0.29, 0.717) is 12.4 Å². The number of anilines is 1. The molecule has 1 aliphatic rings. The van der Waals surface area contributed by atoms with Crippen LogP contribution in [0.25, 0.3) is 0 Å². The summed E-state index contributed by atoms with van der Waals surface area (Å²) in [5.74, 6) is 1.02. The van der Waals surface area contributed by atoms with Crippen molar-refractivity contribution >= 4 is 11.9 Å². The van der Waals surface area contributed by atoms with Crippen LogP contribution < -0.4 is 4.90 Å². The first-order valence-electron chi connectivity index (χ1n) is 9.87. The molecule has 1 amide bonds. The van der Waals surface area contributed by atoms with Gasteiger partial charge in [-0.2, -0.15) is 10.1 Å². The van der Waals surface area contributed by atoms with Crippen LogP contribution in [0.3, 0.4) is 0 Å². The molecule has 0 unspecified atom stereocenters. The highest BCUT2D eigenvalue weighted by molar-refractivity contribution is 5.93. The van der Waals surface area contributed by atoms with Gasteiger partial charge in [0.1, 0.15) is 6.33 Å². The van der Waals surface area contributed by atoms with Crippen molar-refractivity contribution in [3.05, 3.63) is 77.6 Å². The van der Waals surface area contributed by atoms with Crippen LogP contribution in [-0.4, -0.2) is 20.7 Å². The zero-order valence-electron chi connectivity index (χ0n) is 16.6. The van der Waals surface area contributed by atoms with E-state index in [0.717, 1.165) is 12.0 Å². The lowest BCUT2D eigenvalue weighted by molar-refractivity contribution is -0.120. The monoisotopic (exact) mass is 374 g/mol. The Bertz CT molecular complexity index is 946. The molecule has 28 heavy (non-hydrogen) atoms. The molecule has 0 saturated carbocycles. The van der Waals surface area contributed by atoms with Crippen molar-refractivity contribution in [3.8, 4) is 0 Å². The Kier molecular flexibility index (Phi) is 4.99. The van der Waals surface area contributed by atoms with E-state index in [2.05, 4.69) is 67.3 Å². The van der Waals surface area contributed by atoms with E-state index in [1.165, 1.54) is 11.1 Å². The zero-order chi connectivity index (χ0) is 19.7. The molecule has 1 aromatic heterocycles. The van der Waals surface area contributed by atoms with Gasteiger partial charge in [-0.05, 0) is 30.4 Å². The van der Waals surface area contributed by atoms with Gasteiger partial charge in [0.2, 0.25) is 11.9 Å². The topological polar surface area (TPSA) is 51.0 Å². The number of hydrogen-bond donors (Lipinski definition) is 0. The number of carbonyl (C=O) groups is 1. The van der Waals surface area contributed by atoms with Crippen LogP contribution in [0.15, 0.2) is 60.9 Å². The third-order valence-electron chi connectivity index (χ3n) is 5.32. The number of amides is 1. The molecule has 0 N–H and O–H groups in total. The minimum absolute atomic E-state index is 0.0492. The summed E-state index contributed by atoms with van der Waals surface area (Å²) < 4.78 is 1.90. The van der Waals surface area contributed by atoms with Crippen molar-refractivity contribution in [3.63, 3.8) is 0 Å². The van der Waals surface area contributed by atoms with E-state index in [4.69, 9.17) is 0 Å². The van der Waals surface area contributed by atoms with Gasteiger partial charge in [-0.3, -0.25) is 9.69 Å². The van der Waals surface area contributed by atoms with Gasteiger partial charge in [0, 0.05) is 6.42 Å². The molecule has 0 aliphatic carbocycles. The minimum atomic E-state index is -0.0613. The fourth-order valence-electron chi connectivity index (χ4n) is 3.95. The van der Waals surface area contributed by atoms with Crippen molar-refractivity contribution in [2.75, 3.05) is 4.90 Å². The van der Waals surface area contributed by atoms with Gasteiger partial charge in [0.25, 0.3) is 0 Å². The van der Waals surface area contributed by atoms with Gasteiger partial charge in [-0.15, -0.1) is 0 Å². The van der Waals surface area contributed by atoms with Crippen molar-refractivity contribution in [2.24, 2.45) is 5.92 Å². The van der Waals surface area contributed by atoms with Crippen LogP contribution in [0.5, 0.6) is 0 Å². The summed E-state index contributed by atoms with van der Waals surface area (Å²) in [7, 11) is 0. The van der Waals surface area contributed by atoms with Gasteiger partial charge < -0.3 is 0 Å². The van der Waals surface area contributed by atoms with E-state index in [1.807, 2.05) is 27.8 Å². The van der Waals surface area contributed by atoms with Crippen LogP contribution in [0.2, 0.25) is 0 Å². The van der Waals surface area contributed by atoms with Crippen LogP contribution in [0.1, 0.15) is 55.5 Å². The molecule has 0 saturated heterocycles. The Morgan fingerprint density at radius 3 is 2.39 bits per heavy atom. The molecule has 0 bridgehead atoms. The first-order valence-corrected chi connectivity index (χ1v) is 9.87. The maximum Gasteiger partial charge on any atom is 0.231 e. The molecule has 1 aliphatic heterocycles. The maximum absolute atomic E-state index is 13.2. The lowest BCUT2D eigenvalue weighted by Crippen LogP contribution is -2.43. The molecule has 2 heterocycles. The van der Waals surface area contributed by atoms with Crippen LogP contribution in [-0.2, 0) is 4.79 Å². The van der Waals surface area contributed by atoms with Crippen molar-refractivity contribution in [1.82, 2.24) is 14.8 Å². The minimum Gasteiger partial charge on any atom is -0.274 e. The number of carbonyl (C=O) groups excluding carboxylic acids is 1. The number of aryl methyl sites for hydroxylation is 1. The third-order valence-corrected chi connectivity index (χ3v) is 5.32. The standard InChI is InChI=1S/C23H26N4O/c1-16(2)13-22(28)26-20(19-11-9-17(3)10-12-19)14-21(18-7-5-4-6-8-18)27-23(26)24-15-25-27/h4-12,15-16,20-21H,13-14H2,1-3H3/t20-,21-/m0/s1. The number of nitrogens with zero attached hydrogens (tertiary/aromatic N) is 4. The van der Waals surface area contributed by atoms with Crippen molar-refractivity contribution < 1.29 is 4.79 Å². The summed E-state index contributed by atoms with van der Waals surface area (Å²) in [4.78, 5) is 19.6. The van der Waals surface area contributed by atoms with E-state index in [-0.39, 0.29) is 23.9 Å². The molecule has 0 fully saturated rings. The Hall–Kier alpha value is -2.95. The third kappa shape index (κ3) is 3.44. The second-order valence-corrected chi connectivity index (χ2v) is 7.95. The van der Waals surface area contributed by atoms with E-state index in [1.54, 1.807) is 6.33 Å².